The first-order valence-corrected chi connectivity index (χ1v) is 7.43. The Morgan fingerprint density at radius 1 is 1.26 bits per heavy atom. The van der Waals surface area contributed by atoms with Crippen molar-refractivity contribution in [2.45, 2.75) is 39.3 Å². The minimum Gasteiger partial charge on any atom is -0.304 e. The number of nitrogens with zero attached hydrogens (tertiary/aromatic N) is 1. The van der Waals surface area contributed by atoms with Gasteiger partial charge in [0.05, 0.1) is 6.61 Å². The smallest absolute Gasteiger partial charge is 0.0933 e. The fraction of sp³-hybridized carbons (Fsp3) is 0.625. The largest absolute Gasteiger partial charge is 0.304 e. The first-order chi connectivity index (χ1) is 9.29. The zero-order valence-corrected chi connectivity index (χ0v) is 12.1. The summed E-state index contributed by atoms with van der Waals surface area (Å²) in [6.45, 7) is 8.75. The normalized spacial score (nSPS) is 19.5. The van der Waals surface area contributed by atoms with E-state index in [1.165, 1.54) is 38.0 Å². The van der Waals surface area contributed by atoms with Crippen molar-refractivity contribution in [3.8, 4) is 0 Å². The van der Waals surface area contributed by atoms with Crippen molar-refractivity contribution in [1.29, 1.82) is 0 Å². The van der Waals surface area contributed by atoms with Crippen LogP contribution in [0.3, 0.4) is 0 Å². The van der Waals surface area contributed by atoms with Crippen LogP contribution in [0, 0.1) is 5.92 Å². The summed E-state index contributed by atoms with van der Waals surface area (Å²) in [4.78, 5) is 8.15. The maximum absolute atomic E-state index is 5.62. The molecule has 1 atom stereocenters. The highest BCUT2D eigenvalue weighted by Crippen LogP contribution is 2.20. The number of rotatable bonds is 6. The quantitative estimate of drug-likeness (QED) is 0.798. The molecule has 1 heterocycles. The van der Waals surface area contributed by atoms with E-state index in [9.17, 15) is 0 Å². The molecule has 106 valence electrons. The third-order valence-corrected chi connectivity index (χ3v) is 4.14. The van der Waals surface area contributed by atoms with Crippen molar-refractivity contribution < 1.29 is 4.84 Å². The van der Waals surface area contributed by atoms with E-state index in [2.05, 4.69) is 36.4 Å². The van der Waals surface area contributed by atoms with E-state index in [-0.39, 0.29) is 0 Å². The van der Waals surface area contributed by atoms with Crippen molar-refractivity contribution in [2.75, 3.05) is 19.6 Å². The van der Waals surface area contributed by atoms with Gasteiger partial charge < -0.3 is 4.90 Å². The molecule has 1 aliphatic rings. The molecule has 3 heteroatoms. The molecule has 19 heavy (non-hydrogen) atoms. The summed E-state index contributed by atoms with van der Waals surface area (Å²) in [5, 5.41) is 0. The average Bonchev–Trinajstić information content (AvgIpc) is 2.48. The van der Waals surface area contributed by atoms with E-state index in [0.29, 0.717) is 12.6 Å². The van der Waals surface area contributed by atoms with Gasteiger partial charge in [0.1, 0.15) is 0 Å². The van der Waals surface area contributed by atoms with Crippen LogP contribution in [0.15, 0.2) is 30.3 Å². The molecule has 0 radical (unpaired) electrons. The molecule has 0 aromatic heterocycles. The van der Waals surface area contributed by atoms with Gasteiger partial charge in [-0.25, -0.2) is 0 Å². The molecule has 0 aliphatic carbocycles. The highest BCUT2D eigenvalue weighted by atomic mass is 16.6. The third-order valence-electron chi connectivity index (χ3n) is 4.14. The van der Waals surface area contributed by atoms with Crippen LogP contribution in [0.4, 0.5) is 0 Å². The number of nitrogens with one attached hydrogen (secondary N) is 1. The molecule has 1 aromatic carbocycles. The van der Waals surface area contributed by atoms with Crippen LogP contribution in [0.5, 0.6) is 0 Å². The number of benzene rings is 1. The lowest BCUT2D eigenvalue weighted by Gasteiger charge is -2.34. The van der Waals surface area contributed by atoms with Crippen LogP contribution in [0.2, 0.25) is 0 Å². The van der Waals surface area contributed by atoms with Crippen LogP contribution >= 0.6 is 0 Å². The maximum atomic E-state index is 5.62. The summed E-state index contributed by atoms with van der Waals surface area (Å²) in [5.74, 6) is 0.735. The zero-order chi connectivity index (χ0) is 13.5. The summed E-state index contributed by atoms with van der Waals surface area (Å²) in [5.41, 5.74) is 4.43. The van der Waals surface area contributed by atoms with Crippen molar-refractivity contribution in [1.82, 2.24) is 10.4 Å². The molecular weight excluding hydrogens is 236 g/mol. The molecule has 1 aliphatic heterocycles. The van der Waals surface area contributed by atoms with Gasteiger partial charge in [0.25, 0.3) is 0 Å². The molecule has 2 rings (SSSR count). The molecule has 1 unspecified atom stereocenters. The highest BCUT2D eigenvalue weighted by Gasteiger charge is 2.23. The van der Waals surface area contributed by atoms with Gasteiger partial charge in [-0.05, 0) is 50.9 Å². The lowest BCUT2D eigenvalue weighted by Crippen LogP contribution is -2.41. The minimum atomic E-state index is 0.433. The topological polar surface area (TPSA) is 24.5 Å². The summed E-state index contributed by atoms with van der Waals surface area (Å²) < 4.78 is 0. The summed E-state index contributed by atoms with van der Waals surface area (Å²) >= 11 is 0. The van der Waals surface area contributed by atoms with Gasteiger partial charge in [-0.15, -0.1) is 0 Å². The van der Waals surface area contributed by atoms with Gasteiger partial charge in [-0.3, -0.25) is 4.84 Å². The average molecular weight is 262 g/mol. The number of hydrogen-bond donors (Lipinski definition) is 1. The first kappa shape index (κ1) is 14.5. The van der Waals surface area contributed by atoms with Crippen molar-refractivity contribution in [3.05, 3.63) is 35.9 Å². The molecule has 0 saturated carbocycles. The zero-order valence-electron chi connectivity index (χ0n) is 12.1. The van der Waals surface area contributed by atoms with E-state index in [4.69, 9.17) is 4.84 Å². The second kappa shape index (κ2) is 7.63. The molecule has 1 aromatic rings. The van der Waals surface area contributed by atoms with Crippen molar-refractivity contribution in [2.24, 2.45) is 5.92 Å². The lowest BCUT2D eigenvalue weighted by atomic mass is 9.91. The van der Waals surface area contributed by atoms with E-state index >= 15 is 0 Å². The standard InChI is InChI=1S/C16H26N2O/c1-3-18-11-9-16(10-12-18)14(2)17-19-13-15-7-5-4-6-8-15/h4-8,14,16-17H,3,9-13H2,1-2H3. The van der Waals surface area contributed by atoms with Gasteiger partial charge in [0, 0.05) is 6.04 Å². The second-order valence-corrected chi connectivity index (χ2v) is 5.45. The summed E-state index contributed by atoms with van der Waals surface area (Å²) in [7, 11) is 0. The predicted octanol–water partition coefficient (Wildman–Crippen LogP) is 2.83. The first-order valence-electron chi connectivity index (χ1n) is 7.43. The molecule has 0 spiro atoms. The van der Waals surface area contributed by atoms with Gasteiger partial charge in [0.15, 0.2) is 0 Å². The van der Waals surface area contributed by atoms with Crippen LogP contribution in [-0.4, -0.2) is 30.6 Å². The predicted molar refractivity (Wildman–Crippen MR) is 78.7 cm³/mol. The molecule has 1 saturated heterocycles. The monoisotopic (exact) mass is 262 g/mol. The Morgan fingerprint density at radius 2 is 1.95 bits per heavy atom. The maximum Gasteiger partial charge on any atom is 0.0933 e. The Hall–Kier alpha value is -0.900. The van der Waals surface area contributed by atoms with Crippen LogP contribution < -0.4 is 5.48 Å². The minimum absolute atomic E-state index is 0.433. The van der Waals surface area contributed by atoms with E-state index in [0.717, 1.165) is 5.92 Å². The SMILES string of the molecule is CCN1CCC(C(C)NOCc2ccccc2)CC1. The fourth-order valence-corrected chi connectivity index (χ4v) is 2.70. The van der Waals surface area contributed by atoms with E-state index < -0.39 is 0 Å². The van der Waals surface area contributed by atoms with Crippen LogP contribution in [0.1, 0.15) is 32.3 Å². The van der Waals surface area contributed by atoms with Crippen LogP contribution in [0.25, 0.3) is 0 Å². The number of hydrogen-bond acceptors (Lipinski definition) is 3. The fourth-order valence-electron chi connectivity index (χ4n) is 2.70. The Labute approximate surface area is 116 Å². The third kappa shape index (κ3) is 4.60. The Kier molecular flexibility index (Phi) is 5.83. The van der Waals surface area contributed by atoms with E-state index in [1.807, 2.05) is 18.2 Å². The molecule has 3 nitrogen and oxygen atoms in total. The number of piperidine rings is 1. The Balaban J connectivity index is 1.66. The van der Waals surface area contributed by atoms with Gasteiger partial charge >= 0.3 is 0 Å². The van der Waals surface area contributed by atoms with Crippen molar-refractivity contribution in [3.63, 3.8) is 0 Å². The molecule has 0 amide bonds. The summed E-state index contributed by atoms with van der Waals surface area (Å²) in [6.07, 6.45) is 2.55. The highest BCUT2D eigenvalue weighted by molar-refractivity contribution is 5.13. The van der Waals surface area contributed by atoms with E-state index in [1.54, 1.807) is 0 Å². The van der Waals surface area contributed by atoms with Crippen molar-refractivity contribution >= 4 is 0 Å². The van der Waals surface area contributed by atoms with Gasteiger partial charge in [0.2, 0.25) is 0 Å². The molecule has 1 N–H and O–H groups in total. The Bertz CT molecular complexity index is 347. The number of likely N-dealkylation sites (tertiary alicyclic amines) is 1. The van der Waals surface area contributed by atoms with Crippen LogP contribution in [-0.2, 0) is 11.4 Å². The Morgan fingerprint density at radius 3 is 2.58 bits per heavy atom. The second-order valence-electron chi connectivity index (χ2n) is 5.45. The molecule has 0 bridgehead atoms. The van der Waals surface area contributed by atoms with Gasteiger partial charge in [-0.2, -0.15) is 5.48 Å². The number of hydroxylamine groups is 1. The lowest BCUT2D eigenvalue weighted by molar-refractivity contribution is -0.0137. The summed E-state index contributed by atoms with van der Waals surface area (Å²) in [6, 6.07) is 10.7. The molecular formula is C16H26N2O. The van der Waals surface area contributed by atoms with Gasteiger partial charge in [-0.1, -0.05) is 37.3 Å². The molecule has 1 fully saturated rings.